The Balaban J connectivity index is 3.13. The summed E-state index contributed by atoms with van der Waals surface area (Å²) in [6.45, 7) is 13.5. The van der Waals surface area contributed by atoms with Crippen molar-refractivity contribution in [3.8, 4) is 0 Å². The molecule has 0 radical (unpaired) electrons. The van der Waals surface area contributed by atoms with Crippen molar-refractivity contribution in [2.24, 2.45) is 0 Å². The van der Waals surface area contributed by atoms with E-state index in [1.54, 1.807) is 0 Å². The number of hydrogen-bond donors (Lipinski definition) is 0. The Morgan fingerprint density at radius 1 is 0.413 bits per heavy atom. The summed E-state index contributed by atoms with van der Waals surface area (Å²) in [5, 5.41) is 0. The molecule has 10 nitrogen and oxygen atoms in total. The summed E-state index contributed by atoms with van der Waals surface area (Å²) in [7, 11) is 0. The van der Waals surface area contributed by atoms with E-state index in [-0.39, 0.29) is 5.97 Å². The lowest BCUT2D eigenvalue weighted by molar-refractivity contribution is -0.145. The minimum Gasteiger partial charge on any atom is -0.499 e. The maximum Gasteiger partial charge on any atom is 0.305 e. The van der Waals surface area contributed by atoms with E-state index >= 15 is 0 Å². The first-order chi connectivity index (χ1) is 22.8. The van der Waals surface area contributed by atoms with Crippen molar-refractivity contribution in [3.05, 3.63) is 12.8 Å². The quantitative estimate of drug-likeness (QED) is 0.0384. The number of esters is 1. The molecule has 0 spiro atoms. The Hall–Kier alpha value is -1.27. The zero-order valence-electron chi connectivity index (χ0n) is 29.5. The molecule has 0 fully saturated rings. The molecule has 0 saturated carbocycles. The molecule has 0 aromatic carbocycles. The molecule has 0 bridgehead atoms. The molecular weight excluding hydrogens is 592 g/mol. The first-order valence-electron chi connectivity index (χ1n) is 18.2. The molecule has 0 aliphatic rings. The minimum atomic E-state index is -0.127. The fraction of sp³-hybridized carbons (Fsp3) is 0.917. The van der Waals surface area contributed by atoms with Gasteiger partial charge in [0.2, 0.25) is 0 Å². The van der Waals surface area contributed by atoms with Crippen molar-refractivity contribution in [3.63, 3.8) is 0 Å². The van der Waals surface area contributed by atoms with Gasteiger partial charge in [0.25, 0.3) is 0 Å². The zero-order valence-corrected chi connectivity index (χ0v) is 29.5. The number of carbonyl (C=O) groups excluding carboxylic acids is 1. The van der Waals surface area contributed by atoms with Gasteiger partial charge in [-0.25, -0.2) is 0 Å². The van der Waals surface area contributed by atoms with Crippen LogP contribution in [0.1, 0.15) is 110 Å². The van der Waals surface area contributed by atoms with Gasteiger partial charge in [0.15, 0.2) is 0 Å². The number of hydrogen-bond acceptors (Lipinski definition) is 10. The van der Waals surface area contributed by atoms with Crippen molar-refractivity contribution in [2.75, 3.05) is 106 Å². The molecule has 0 saturated heterocycles. The zero-order chi connectivity index (χ0) is 33.3. The molecule has 46 heavy (non-hydrogen) atoms. The van der Waals surface area contributed by atoms with Crippen LogP contribution in [0, 0.1) is 0 Å². The maximum absolute atomic E-state index is 11.9. The third kappa shape index (κ3) is 40.8. The highest BCUT2D eigenvalue weighted by atomic mass is 16.6. The van der Waals surface area contributed by atoms with Gasteiger partial charge in [-0.3, -0.25) is 4.79 Å². The van der Waals surface area contributed by atoms with Crippen molar-refractivity contribution in [2.45, 2.75) is 110 Å². The number of unbranched alkanes of at least 4 members (excludes halogenated alkanes) is 14. The van der Waals surface area contributed by atoms with Gasteiger partial charge in [-0.15, -0.1) is 0 Å². The van der Waals surface area contributed by atoms with Crippen LogP contribution in [0.25, 0.3) is 0 Å². The molecule has 0 heterocycles. The van der Waals surface area contributed by atoms with Crippen molar-refractivity contribution < 1.29 is 47.4 Å². The first-order valence-corrected chi connectivity index (χ1v) is 18.2. The van der Waals surface area contributed by atoms with Crippen molar-refractivity contribution >= 4 is 5.97 Å². The Labute approximate surface area is 281 Å². The summed E-state index contributed by atoms with van der Waals surface area (Å²) in [6.07, 6.45) is 21.7. The molecule has 0 aliphatic carbocycles. The standard InChI is InChI=1S/C36H70O10/c1-3-5-6-7-8-9-10-11-12-13-14-15-16-17-18-19-36(37)46-35-34-45-33-32-44-31-30-43-29-28-42-27-26-41-25-24-40-23-22-39-21-20-38-4-2/h4H,2-3,5-35H2,1H3. The molecule has 10 heteroatoms. The fourth-order valence-electron chi connectivity index (χ4n) is 4.54. The summed E-state index contributed by atoms with van der Waals surface area (Å²) < 4.78 is 48.2. The summed E-state index contributed by atoms with van der Waals surface area (Å²) in [5.74, 6) is -0.127. The monoisotopic (exact) mass is 662 g/mol. The number of rotatable bonds is 41. The lowest BCUT2D eigenvalue weighted by atomic mass is 10.0. The fourth-order valence-corrected chi connectivity index (χ4v) is 4.54. The summed E-state index contributed by atoms with van der Waals surface area (Å²) >= 11 is 0. The van der Waals surface area contributed by atoms with Crippen LogP contribution in [-0.2, 0) is 47.4 Å². The second-order valence-corrected chi connectivity index (χ2v) is 11.2. The lowest BCUT2D eigenvalue weighted by Gasteiger charge is -2.09. The van der Waals surface area contributed by atoms with Crippen molar-refractivity contribution in [1.29, 1.82) is 0 Å². The van der Waals surface area contributed by atoms with Crippen LogP contribution in [0.15, 0.2) is 12.8 Å². The molecule has 0 atom stereocenters. The van der Waals surface area contributed by atoms with E-state index in [1.165, 1.54) is 89.7 Å². The van der Waals surface area contributed by atoms with Gasteiger partial charge in [0.1, 0.15) is 13.2 Å². The molecule has 0 aromatic rings. The van der Waals surface area contributed by atoms with Gasteiger partial charge in [-0.1, -0.05) is 103 Å². The summed E-state index contributed by atoms with van der Waals surface area (Å²) in [5.41, 5.74) is 0. The predicted octanol–water partition coefficient (Wildman–Crippen LogP) is 7.07. The van der Waals surface area contributed by atoms with Crippen LogP contribution in [0.3, 0.4) is 0 Å². The summed E-state index contributed by atoms with van der Waals surface area (Å²) in [6, 6.07) is 0. The van der Waals surface area contributed by atoms with Gasteiger partial charge < -0.3 is 42.6 Å². The van der Waals surface area contributed by atoms with Gasteiger partial charge >= 0.3 is 5.97 Å². The van der Waals surface area contributed by atoms with Gasteiger partial charge in [-0.05, 0) is 6.42 Å². The first kappa shape index (κ1) is 44.7. The van der Waals surface area contributed by atoms with Gasteiger partial charge in [-0.2, -0.15) is 0 Å². The Bertz CT molecular complexity index is 593. The van der Waals surface area contributed by atoms with E-state index < -0.39 is 0 Å². The number of ether oxygens (including phenoxy) is 9. The Morgan fingerprint density at radius 2 is 0.696 bits per heavy atom. The van der Waals surface area contributed by atoms with E-state index in [1.807, 2.05) is 0 Å². The van der Waals surface area contributed by atoms with E-state index in [0.29, 0.717) is 112 Å². The van der Waals surface area contributed by atoms with Crippen LogP contribution in [0.2, 0.25) is 0 Å². The smallest absolute Gasteiger partial charge is 0.305 e. The van der Waals surface area contributed by atoms with Crippen LogP contribution >= 0.6 is 0 Å². The van der Waals surface area contributed by atoms with Crippen molar-refractivity contribution in [1.82, 2.24) is 0 Å². The topological polar surface area (TPSA) is 100 Å². The third-order valence-electron chi connectivity index (χ3n) is 7.17. The minimum absolute atomic E-state index is 0.127. The average Bonchev–Trinajstić information content (AvgIpc) is 3.06. The van der Waals surface area contributed by atoms with E-state index in [2.05, 4.69) is 13.5 Å². The normalized spacial score (nSPS) is 11.2. The molecule has 0 amide bonds. The molecule has 274 valence electrons. The predicted molar refractivity (Wildman–Crippen MR) is 182 cm³/mol. The molecular formula is C36H70O10. The van der Waals surface area contributed by atoms with Crippen LogP contribution in [-0.4, -0.2) is 112 Å². The Kier molecular flexibility index (Phi) is 40.6. The SMILES string of the molecule is C=COCCOCCOCCOCCOCCOCCOCCOCCOC(=O)CCCCCCCCCCCCCCCCC. The highest BCUT2D eigenvalue weighted by Crippen LogP contribution is 2.13. The van der Waals surface area contributed by atoms with E-state index in [9.17, 15) is 4.79 Å². The highest BCUT2D eigenvalue weighted by Gasteiger charge is 2.03. The average molecular weight is 663 g/mol. The summed E-state index contributed by atoms with van der Waals surface area (Å²) in [4.78, 5) is 11.9. The second kappa shape index (κ2) is 41.8. The Morgan fingerprint density at radius 3 is 1.02 bits per heavy atom. The van der Waals surface area contributed by atoms with Gasteiger partial charge in [0, 0.05) is 6.42 Å². The second-order valence-electron chi connectivity index (χ2n) is 11.2. The molecule has 0 unspecified atom stereocenters. The number of carbonyl (C=O) groups is 1. The van der Waals surface area contributed by atoms with Crippen LogP contribution < -0.4 is 0 Å². The van der Waals surface area contributed by atoms with E-state index in [0.717, 1.165) is 12.8 Å². The van der Waals surface area contributed by atoms with Crippen LogP contribution in [0.5, 0.6) is 0 Å². The molecule has 0 N–H and O–H groups in total. The third-order valence-corrected chi connectivity index (χ3v) is 7.17. The molecule has 0 aromatic heterocycles. The lowest BCUT2D eigenvalue weighted by Crippen LogP contribution is -2.15. The van der Waals surface area contributed by atoms with Gasteiger partial charge in [0.05, 0.1) is 98.8 Å². The van der Waals surface area contributed by atoms with E-state index in [4.69, 9.17) is 42.6 Å². The highest BCUT2D eigenvalue weighted by molar-refractivity contribution is 5.69. The maximum atomic E-state index is 11.9. The van der Waals surface area contributed by atoms with Crippen LogP contribution in [0.4, 0.5) is 0 Å². The molecule has 0 aliphatic heterocycles. The molecule has 0 rings (SSSR count). The largest absolute Gasteiger partial charge is 0.499 e.